The van der Waals surface area contributed by atoms with Gasteiger partial charge in [0.25, 0.3) is 0 Å². The van der Waals surface area contributed by atoms with Gasteiger partial charge >= 0.3 is 0 Å². The molecule has 1 aromatic heterocycles. The molecule has 0 aliphatic rings. The third-order valence-corrected chi connectivity index (χ3v) is 3.45. The summed E-state index contributed by atoms with van der Waals surface area (Å²) in [6.45, 7) is 7.47. The average Bonchev–Trinajstić information content (AvgIpc) is 2.25. The molecule has 0 aliphatic heterocycles. The summed E-state index contributed by atoms with van der Waals surface area (Å²) in [5.41, 5.74) is 1.27. The first-order valence-corrected chi connectivity index (χ1v) is 7.16. The number of alkyl halides is 1. The van der Waals surface area contributed by atoms with Gasteiger partial charge in [-0.05, 0) is 39.9 Å². The number of halogens is 2. The minimum Gasteiger partial charge on any atom is -0.308 e. The van der Waals surface area contributed by atoms with Crippen molar-refractivity contribution in [2.75, 3.05) is 5.88 Å². The van der Waals surface area contributed by atoms with Crippen molar-refractivity contribution in [2.24, 2.45) is 5.41 Å². The van der Waals surface area contributed by atoms with Crippen molar-refractivity contribution in [1.29, 1.82) is 0 Å². The van der Waals surface area contributed by atoms with Gasteiger partial charge in [-0.2, -0.15) is 0 Å². The van der Waals surface area contributed by atoms with E-state index in [0.717, 1.165) is 23.1 Å². The van der Waals surface area contributed by atoms with Crippen molar-refractivity contribution in [3.05, 3.63) is 28.5 Å². The summed E-state index contributed by atoms with van der Waals surface area (Å²) in [6, 6.07) is 4.44. The summed E-state index contributed by atoms with van der Waals surface area (Å²) in [7, 11) is 0. The zero-order valence-corrected chi connectivity index (χ0v) is 13.0. The highest BCUT2D eigenvalue weighted by molar-refractivity contribution is 9.10. The molecule has 1 heterocycles. The van der Waals surface area contributed by atoms with Crippen molar-refractivity contribution >= 4 is 27.5 Å². The Bertz CT molecular complexity index is 332. The van der Waals surface area contributed by atoms with Crippen molar-refractivity contribution in [3.63, 3.8) is 0 Å². The molecule has 1 atom stereocenters. The minimum absolute atomic E-state index is 0.213. The van der Waals surface area contributed by atoms with Crippen LogP contribution in [0.3, 0.4) is 0 Å². The van der Waals surface area contributed by atoms with Gasteiger partial charge in [0.1, 0.15) is 0 Å². The highest BCUT2D eigenvalue weighted by atomic mass is 79.9. The van der Waals surface area contributed by atoms with Crippen LogP contribution < -0.4 is 5.32 Å². The Morgan fingerprint density at radius 1 is 1.41 bits per heavy atom. The van der Waals surface area contributed by atoms with Gasteiger partial charge in [0, 0.05) is 29.1 Å². The Kier molecular flexibility index (Phi) is 5.90. The SMILES string of the molecule is CC(C)(C)C(CCCl)NCc1ccc(Br)cn1. The molecule has 0 saturated carbocycles. The van der Waals surface area contributed by atoms with E-state index in [-0.39, 0.29) is 5.41 Å². The van der Waals surface area contributed by atoms with Gasteiger partial charge in [0.15, 0.2) is 0 Å². The molecule has 0 spiro atoms. The largest absolute Gasteiger partial charge is 0.308 e. The maximum atomic E-state index is 5.84. The quantitative estimate of drug-likeness (QED) is 0.830. The zero-order chi connectivity index (χ0) is 12.9. The lowest BCUT2D eigenvalue weighted by molar-refractivity contribution is 0.260. The van der Waals surface area contributed by atoms with Gasteiger partial charge in [-0.25, -0.2) is 0 Å². The fraction of sp³-hybridized carbons (Fsp3) is 0.615. The Morgan fingerprint density at radius 2 is 2.12 bits per heavy atom. The minimum atomic E-state index is 0.213. The fourth-order valence-corrected chi connectivity index (χ4v) is 2.14. The first-order chi connectivity index (χ1) is 7.93. The molecule has 0 radical (unpaired) electrons. The molecule has 17 heavy (non-hydrogen) atoms. The number of hydrogen-bond acceptors (Lipinski definition) is 2. The standard InChI is InChI=1S/C13H20BrClN2/c1-13(2,3)12(6-7-15)17-9-11-5-4-10(14)8-16-11/h4-5,8,12,17H,6-7,9H2,1-3H3. The Hall–Kier alpha value is -0.120. The third kappa shape index (κ3) is 5.36. The number of aromatic nitrogens is 1. The van der Waals surface area contributed by atoms with E-state index < -0.39 is 0 Å². The average molecular weight is 320 g/mol. The summed E-state index contributed by atoms with van der Waals surface area (Å²) in [5, 5.41) is 3.53. The lowest BCUT2D eigenvalue weighted by atomic mass is 9.85. The topological polar surface area (TPSA) is 24.9 Å². The number of hydrogen-bond donors (Lipinski definition) is 1. The summed E-state index contributed by atoms with van der Waals surface area (Å²) in [5.74, 6) is 0.683. The normalized spacial score (nSPS) is 13.7. The van der Waals surface area contributed by atoms with Crippen molar-refractivity contribution in [1.82, 2.24) is 10.3 Å². The van der Waals surface area contributed by atoms with Gasteiger partial charge in [-0.3, -0.25) is 4.98 Å². The highest BCUT2D eigenvalue weighted by Crippen LogP contribution is 2.22. The highest BCUT2D eigenvalue weighted by Gasteiger charge is 2.23. The van der Waals surface area contributed by atoms with Crippen LogP contribution in [0.15, 0.2) is 22.8 Å². The second-order valence-corrected chi connectivity index (χ2v) is 6.54. The van der Waals surface area contributed by atoms with Crippen LogP contribution in [0.4, 0.5) is 0 Å². The van der Waals surface area contributed by atoms with Crippen LogP contribution in [0.1, 0.15) is 32.9 Å². The van der Waals surface area contributed by atoms with Crippen molar-refractivity contribution < 1.29 is 0 Å². The predicted octanol–water partition coefficient (Wildman–Crippen LogP) is 3.98. The molecule has 0 saturated heterocycles. The van der Waals surface area contributed by atoms with E-state index in [0.29, 0.717) is 11.9 Å². The van der Waals surface area contributed by atoms with Gasteiger partial charge < -0.3 is 5.32 Å². The zero-order valence-electron chi connectivity index (χ0n) is 10.6. The van der Waals surface area contributed by atoms with Crippen LogP contribution in [0.2, 0.25) is 0 Å². The molecular formula is C13H20BrClN2. The van der Waals surface area contributed by atoms with Crippen LogP contribution in [-0.4, -0.2) is 16.9 Å². The molecule has 0 fully saturated rings. The summed E-state index contributed by atoms with van der Waals surface area (Å²) < 4.78 is 1.01. The van der Waals surface area contributed by atoms with Gasteiger partial charge in [-0.1, -0.05) is 20.8 Å². The number of nitrogens with one attached hydrogen (secondary N) is 1. The molecule has 2 nitrogen and oxygen atoms in total. The second-order valence-electron chi connectivity index (χ2n) is 5.24. The van der Waals surface area contributed by atoms with Crippen molar-refractivity contribution in [2.45, 2.75) is 39.8 Å². The van der Waals surface area contributed by atoms with E-state index in [1.807, 2.05) is 18.3 Å². The molecule has 0 amide bonds. The first kappa shape index (κ1) is 14.9. The van der Waals surface area contributed by atoms with E-state index in [1.165, 1.54) is 0 Å². The molecular weight excluding hydrogens is 300 g/mol. The summed E-state index contributed by atoms with van der Waals surface area (Å²) >= 11 is 9.22. The Balaban J connectivity index is 2.54. The van der Waals surface area contributed by atoms with Crippen LogP contribution >= 0.6 is 27.5 Å². The predicted molar refractivity (Wildman–Crippen MR) is 77.4 cm³/mol. The van der Waals surface area contributed by atoms with Crippen molar-refractivity contribution in [3.8, 4) is 0 Å². The molecule has 1 N–H and O–H groups in total. The smallest absolute Gasteiger partial charge is 0.0542 e. The van der Waals surface area contributed by atoms with Gasteiger partial charge in [-0.15, -0.1) is 11.6 Å². The fourth-order valence-electron chi connectivity index (χ4n) is 1.69. The van der Waals surface area contributed by atoms with Crippen LogP contribution in [-0.2, 0) is 6.54 Å². The Labute approximate surface area is 117 Å². The van der Waals surface area contributed by atoms with E-state index in [4.69, 9.17) is 11.6 Å². The number of pyridine rings is 1. The van der Waals surface area contributed by atoms with Crippen LogP contribution in [0.5, 0.6) is 0 Å². The van der Waals surface area contributed by atoms with Crippen LogP contribution in [0, 0.1) is 5.41 Å². The molecule has 1 aromatic rings. The van der Waals surface area contributed by atoms with E-state index in [9.17, 15) is 0 Å². The molecule has 0 bridgehead atoms. The monoisotopic (exact) mass is 318 g/mol. The molecule has 96 valence electrons. The Morgan fingerprint density at radius 3 is 2.59 bits per heavy atom. The number of rotatable bonds is 5. The van der Waals surface area contributed by atoms with E-state index in [2.05, 4.69) is 47.0 Å². The maximum absolute atomic E-state index is 5.84. The summed E-state index contributed by atoms with van der Waals surface area (Å²) in [6.07, 6.45) is 2.80. The lowest BCUT2D eigenvalue weighted by Crippen LogP contribution is -2.40. The van der Waals surface area contributed by atoms with Gasteiger partial charge in [0.05, 0.1) is 5.69 Å². The van der Waals surface area contributed by atoms with Crippen LogP contribution in [0.25, 0.3) is 0 Å². The molecule has 1 rings (SSSR count). The molecule has 1 unspecified atom stereocenters. The molecule has 0 aliphatic carbocycles. The second kappa shape index (κ2) is 6.72. The van der Waals surface area contributed by atoms with E-state index in [1.54, 1.807) is 0 Å². The lowest BCUT2D eigenvalue weighted by Gasteiger charge is -2.31. The van der Waals surface area contributed by atoms with E-state index >= 15 is 0 Å². The summed E-state index contributed by atoms with van der Waals surface area (Å²) in [4.78, 5) is 4.35. The third-order valence-electron chi connectivity index (χ3n) is 2.76. The molecule has 0 aromatic carbocycles. The molecule has 4 heteroatoms. The maximum Gasteiger partial charge on any atom is 0.0542 e. The van der Waals surface area contributed by atoms with Gasteiger partial charge in [0.2, 0.25) is 0 Å². The number of nitrogens with zero attached hydrogens (tertiary/aromatic N) is 1. The first-order valence-electron chi connectivity index (χ1n) is 5.83.